The van der Waals surface area contributed by atoms with E-state index in [1.54, 1.807) is 0 Å². The number of aliphatic hydroxyl groups is 4. The molecule has 0 aliphatic rings. The highest BCUT2D eigenvalue weighted by atomic mass is 16.5. The molecule has 0 spiro atoms. The van der Waals surface area contributed by atoms with Crippen molar-refractivity contribution in [2.45, 2.75) is 24.4 Å². The number of esters is 1. The molecule has 0 heterocycles. The molecule has 160 valence electrons. The fourth-order valence-corrected chi connectivity index (χ4v) is 2.00. The van der Waals surface area contributed by atoms with Gasteiger partial charge < -0.3 is 52.2 Å². The highest BCUT2D eigenvalue weighted by molar-refractivity contribution is 5.81. The quantitative estimate of drug-likeness (QED) is 0.0892. The second-order valence-electron chi connectivity index (χ2n) is 5.72. The Morgan fingerprint density at radius 3 is 1.74 bits per heavy atom. The average molecular weight is 395 g/mol. The van der Waals surface area contributed by atoms with Crippen LogP contribution in [-0.4, -0.2) is 116 Å². The summed E-state index contributed by atoms with van der Waals surface area (Å²) in [7, 11) is 0.981. The van der Waals surface area contributed by atoms with E-state index in [1.165, 1.54) is 0 Å². The van der Waals surface area contributed by atoms with E-state index in [1.807, 2.05) is 0 Å². The lowest BCUT2D eigenvalue weighted by Gasteiger charge is -2.24. The Morgan fingerprint density at radius 2 is 1.26 bits per heavy atom. The molecule has 0 aromatic rings. The van der Waals surface area contributed by atoms with Crippen LogP contribution in [0, 0.1) is 0 Å². The van der Waals surface area contributed by atoms with E-state index >= 15 is 0 Å². The molecule has 12 nitrogen and oxygen atoms in total. The van der Waals surface area contributed by atoms with Crippen molar-refractivity contribution in [3.8, 4) is 0 Å². The molecular weight excluding hydrogens is 362 g/mol. The summed E-state index contributed by atoms with van der Waals surface area (Å²) >= 11 is 0. The Morgan fingerprint density at radius 1 is 0.815 bits per heavy atom. The number of hydrogen-bond acceptors (Lipinski definition) is 11. The highest BCUT2D eigenvalue weighted by Crippen LogP contribution is 2.06. The fraction of sp³-hybridized carbons (Fsp3) is 0.867. The molecule has 0 bridgehead atoms. The summed E-state index contributed by atoms with van der Waals surface area (Å²) in [6, 6.07) is 0. The van der Waals surface area contributed by atoms with Gasteiger partial charge in [0.15, 0.2) is 12.2 Å². The SMILES string of the molecule is COC(=O)[C@@H](O)[C@@H](O)[C@H](O)[C@@H](O)C(=O)NCCNCCNCCNCCN. The van der Waals surface area contributed by atoms with Crippen LogP contribution in [0.1, 0.15) is 0 Å². The summed E-state index contributed by atoms with van der Waals surface area (Å²) in [6.07, 6.45) is -8.21. The first-order valence-corrected chi connectivity index (χ1v) is 8.76. The van der Waals surface area contributed by atoms with Crippen LogP contribution in [-0.2, 0) is 14.3 Å². The zero-order valence-electron chi connectivity index (χ0n) is 15.6. The van der Waals surface area contributed by atoms with E-state index in [2.05, 4.69) is 26.0 Å². The number of aliphatic hydroxyl groups excluding tert-OH is 4. The molecule has 12 heteroatoms. The van der Waals surface area contributed by atoms with E-state index in [9.17, 15) is 30.0 Å². The standard InChI is InChI=1S/C15H33N5O7/c1-27-15(26)13(24)11(22)10(21)12(23)14(25)20-9-8-19-7-6-18-5-4-17-3-2-16/h10-13,17-19,21-24H,2-9,16H2,1H3,(H,20,25)/t10-,11-,12+,13-/m0/s1. The number of amides is 1. The zero-order valence-corrected chi connectivity index (χ0v) is 15.6. The molecule has 10 N–H and O–H groups in total. The van der Waals surface area contributed by atoms with Gasteiger partial charge in [-0.1, -0.05) is 0 Å². The molecule has 1 amide bonds. The number of nitrogens with one attached hydrogen (secondary N) is 4. The summed E-state index contributed by atoms with van der Waals surface area (Å²) in [4.78, 5) is 22.8. The lowest BCUT2D eigenvalue weighted by Crippen LogP contribution is -2.53. The molecule has 0 aliphatic carbocycles. The second kappa shape index (κ2) is 15.7. The number of nitrogens with two attached hydrogens (primary N) is 1. The molecule has 4 atom stereocenters. The van der Waals surface area contributed by atoms with Gasteiger partial charge >= 0.3 is 5.97 Å². The Kier molecular flexibility index (Phi) is 14.9. The Labute approximate surface area is 158 Å². The monoisotopic (exact) mass is 395 g/mol. The largest absolute Gasteiger partial charge is 0.467 e. The maximum atomic E-state index is 11.7. The van der Waals surface area contributed by atoms with Gasteiger partial charge in [-0.3, -0.25) is 4.79 Å². The van der Waals surface area contributed by atoms with Crippen molar-refractivity contribution in [1.82, 2.24) is 21.3 Å². The van der Waals surface area contributed by atoms with Crippen molar-refractivity contribution in [2.24, 2.45) is 5.73 Å². The van der Waals surface area contributed by atoms with E-state index in [0.717, 1.165) is 33.3 Å². The summed E-state index contributed by atoms with van der Waals surface area (Å²) < 4.78 is 4.20. The van der Waals surface area contributed by atoms with Gasteiger partial charge in [0.2, 0.25) is 0 Å². The first kappa shape index (κ1) is 25.6. The lowest BCUT2D eigenvalue weighted by atomic mass is 10.0. The van der Waals surface area contributed by atoms with Crippen LogP contribution in [0.3, 0.4) is 0 Å². The number of carbonyl (C=O) groups excluding carboxylic acids is 2. The molecular formula is C15H33N5O7. The van der Waals surface area contributed by atoms with Gasteiger partial charge in [0.25, 0.3) is 5.91 Å². The van der Waals surface area contributed by atoms with Crippen LogP contribution < -0.4 is 27.0 Å². The predicted molar refractivity (Wildman–Crippen MR) is 96.7 cm³/mol. The summed E-state index contributed by atoms with van der Waals surface area (Å²) in [5.74, 6) is -2.13. The molecule has 0 saturated carbocycles. The number of hydrogen-bond donors (Lipinski definition) is 9. The number of methoxy groups -OCH3 is 1. The van der Waals surface area contributed by atoms with Crippen LogP contribution in [0.5, 0.6) is 0 Å². The van der Waals surface area contributed by atoms with Crippen molar-refractivity contribution < 1.29 is 34.8 Å². The van der Waals surface area contributed by atoms with Crippen LogP contribution in [0.4, 0.5) is 0 Å². The van der Waals surface area contributed by atoms with Crippen molar-refractivity contribution >= 4 is 11.9 Å². The molecule has 0 saturated heterocycles. The Hall–Kier alpha value is -1.38. The van der Waals surface area contributed by atoms with E-state index in [-0.39, 0.29) is 6.54 Å². The van der Waals surface area contributed by atoms with Gasteiger partial charge in [-0.15, -0.1) is 0 Å². The van der Waals surface area contributed by atoms with Gasteiger partial charge in [0.05, 0.1) is 7.11 Å². The third-order valence-corrected chi connectivity index (χ3v) is 3.59. The molecule has 0 rings (SSSR count). The van der Waals surface area contributed by atoms with Crippen molar-refractivity contribution in [3.63, 3.8) is 0 Å². The van der Waals surface area contributed by atoms with Gasteiger partial charge in [0.1, 0.15) is 12.2 Å². The average Bonchev–Trinajstić information content (AvgIpc) is 2.68. The minimum Gasteiger partial charge on any atom is -0.467 e. The van der Waals surface area contributed by atoms with Crippen LogP contribution in [0.25, 0.3) is 0 Å². The maximum absolute atomic E-state index is 11.7. The smallest absolute Gasteiger partial charge is 0.337 e. The number of rotatable bonds is 16. The minimum atomic E-state index is -2.08. The summed E-state index contributed by atoms with van der Waals surface area (Å²) in [5.41, 5.74) is 5.35. The predicted octanol–water partition coefficient (Wildman–Crippen LogP) is -5.55. The fourth-order valence-electron chi connectivity index (χ4n) is 2.00. The van der Waals surface area contributed by atoms with Gasteiger partial charge in [-0.05, 0) is 0 Å². The van der Waals surface area contributed by atoms with Crippen molar-refractivity contribution in [3.05, 3.63) is 0 Å². The first-order valence-electron chi connectivity index (χ1n) is 8.76. The normalized spacial score (nSPS) is 15.6. The molecule has 0 aliphatic heterocycles. The lowest BCUT2D eigenvalue weighted by molar-refractivity contribution is -0.169. The van der Waals surface area contributed by atoms with E-state index in [4.69, 9.17) is 5.73 Å². The highest BCUT2D eigenvalue weighted by Gasteiger charge is 2.37. The van der Waals surface area contributed by atoms with Crippen LogP contribution in [0.2, 0.25) is 0 Å². The molecule has 0 aromatic heterocycles. The van der Waals surface area contributed by atoms with Crippen LogP contribution >= 0.6 is 0 Å². The minimum absolute atomic E-state index is 0.177. The summed E-state index contributed by atoms with van der Waals surface area (Å²) in [5, 5.41) is 50.2. The van der Waals surface area contributed by atoms with Gasteiger partial charge in [0, 0.05) is 52.4 Å². The molecule has 0 radical (unpaired) electrons. The third kappa shape index (κ3) is 11.1. The van der Waals surface area contributed by atoms with Crippen molar-refractivity contribution in [2.75, 3.05) is 59.5 Å². The number of carbonyl (C=O) groups is 2. The zero-order chi connectivity index (χ0) is 20.7. The summed E-state index contributed by atoms with van der Waals surface area (Å²) in [6.45, 7) is 5.01. The van der Waals surface area contributed by atoms with E-state index in [0.29, 0.717) is 19.6 Å². The van der Waals surface area contributed by atoms with Crippen molar-refractivity contribution in [1.29, 1.82) is 0 Å². The third-order valence-electron chi connectivity index (χ3n) is 3.59. The Bertz CT molecular complexity index is 416. The van der Waals surface area contributed by atoms with Gasteiger partial charge in [-0.2, -0.15) is 0 Å². The molecule has 0 aromatic carbocycles. The number of ether oxygens (including phenoxy) is 1. The second-order valence-corrected chi connectivity index (χ2v) is 5.72. The first-order chi connectivity index (χ1) is 12.9. The molecule has 0 unspecified atom stereocenters. The maximum Gasteiger partial charge on any atom is 0.337 e. The van der Waals surface area contributed by atoms with Crippen LogP contribution in [0.15, 0.2) is 0 Å². The van der Waals surface area contributed by atoms with E-state index < -0.39 is 36.3 Å². The Balaban J connectivity index is 3.84. The molecule has 27 heavy (non-hydrogen) atoms. The van der Waals surface area contributed by atoms with Gasteiger partial charge in [-0.25, -0.2) is 4.79 Å². The molecule has 0 fully saturated rings. The topological polar surface area (TPSA) is 198 Å².